The zero-order valence-corrected chi connectivity index (χ0v) is 11.4. The van der Waals surface area contributed by atoms with Crippen LogP contribution in [0.3, 0.4) is 0 Å². The molecule has 0 aromatic rings. The molecule has 1 aliphatic rings. The lowest BCUT2D eigenvalue weighted by molar-refractivity contribution is -0.120. The Morgan fingerprint density at radius 2 is 2.19 bits per heavy atom. The van der Waals surface area contributed by atoms with Crippen LogP contribution in [0.2, 0.25) is 0 Å². The summed E-state index contributed by atoms with van der Waals surface area (Å²) in [4.78, 5) is 20.3. The van der Waals surface area contributed by atoms with Gasteiger partial charge in [-0.05, 0) is 18.4 Å². The van der Waals surface area contributed by atoms with E-state index in [4.69, 9.17) is 5.73 Å². The van der Waals surface area contributed by atoms with Gasteiger partial charge in [-0.15, -0.1) is 11.8 Å². The molecular weight excluding hydrogens is 242 g/mol. The Labute approximate surface area is 105 Å². The molecule has 0 saturated carbocycles. The molecule has 2 atom stereocenters. The fourth-order valence-corrected chi connectivity index (χ4v) is 2.98. The first kappa shape index (κ1) is 13.6. The van der Waals surface area contributed by atoms with Gasteiger partial charge >= 0.3 is 0 Å². The predicted octanol–water partition coefficient (Wildman–Crippen LogP) is 1.75. The standard InChI is InChI=1S/C10H17N3OS2/c1-4-6-7(8(11)14)9(15-3)13-10(12-6)16-5-2/h6-7H,4-5H2,1-3H3,(H2,11,14). The number of carbonyl (C=O) groups is 1. The van der Waals surface area contributed by atoms with Crippen LogP contribution in [0.1, 0.15) is 20.3 Å². The molecular formula is C10H17N3OS2. The van der Waals surface area contributed by atoms with Crippen LogP contribution >= 0.6 is 23.5 Å². The lowest BCUT2D eigenvalue weighted by Crippen LogP contribution is -2.39. The summed E-state index contributed by atoms with van der Waals surface area (Å²) >= 11 is 3.09. The average Bonchev–Trinajstić information content (AvgIpc) is 2.27. The molecule has 1 heterocycles. The van der Waals surface area contributed by atoms with Gasteiger partial charge in [0.05, 0.1) is 11.1 Å². The molecule has 2 N–H and O–H groups in total. The fraction of sp³-hybridized carbons (Fsp3) is 0.700. The van der Waals surface area contributed by atoms with Crippen LogP contribution in [0.4, 0.5) is 0 Å². The minimum absolute atomic E-state index is 0.0495. The molecule has 2 unspecified atom stereocenters. The molecule has 0 radical (unpaired) electrons. The van der Waals surface area contributed by atoms with Gasteiger partial charge in [0.25, 0.3) is 0 Å². The maximum Gasteiger partial charge on any atom is 0.229 e. The number of hydrogen-bond donors (Lipinski definition) is 1. The Morgan fingerprint density at radius 1 is 1.50 bits per heavy atom. The molecule has 0 saturated heterocycles. The highest BCUT2D eigenvalue weighted by atomic mass is 32.2. The van der Waals surface area contributed by atoms with Gasteiger partial charge in [-0.25, -0.2) is 4.99 Å². The quantitative estimate of drug-likeness (QED) is 0.839. The number of hydrogen-bond acceptors (Lipinski definition) is 5. The van der Waals surface area contributed by atoms with E-state index in [0.717, 1.165) is 22.4 Å². The normalized spacial score (nSPS) is 24.9. The van der Waals surface area contributed by atoms with Gasteiger partial charge in [0.1, 0.15) is 5.92 Å². The van der Waals surface area contributed by atoms with Crippen LogP contribution in [-0.4, -0.2) is 34.2 Å². The van der Waals surface area contributed by atoms with E-state index in [1.807, 2.05) is 13.2 Å². The van der Waals surface area contributed by atoms with Crippen molar-refractivity contribution in [2.45, 2.75) is 26.3 Å². The number of amides is 1. The lowest BCUT2D eigenvalue weighted by Gasteiger charge is -2.25. The number of nitrogens with two attached hydrogens (primary N) is 1. The highest BCUT2D eigenvalue weighted by Gasteiger charge is 2.33. The van der Waals surface area contributed by atoms with Crippen molar-refractivity contribution >= 4 is 39.6 Å². The Kier molecular flexibility index (Phi) is 5.34. The van der Waals surface area contributed by atoms with Crippen molar-refractivity contribution < 1.29 is 4.79 Å². The molecule has 0 bridgehead atoms. The summed E-state index contributed by atoms with van der Waals surface area (Å²) in [5.74, 6) is 0.257. The van der Waals surface area contributed by atoms with E-state index in [9.17, 15) is 4.79 Å². The molecule has 90 valence electrons. The third kappa shape index (κ3) is 3.01. The Morgan fingerprint density at radius 3 is 2.62 bits per heavy atom. The van der Waals surface area contributed by atoms with Crippen LogP contribution in [0, 0.1) is 5.92 Å². The summed E-state index contributed by atoms with van der Waals surface area (Å²) in [6, 6.07) is -0.0495. The van der Waals surface area contributed by atoms with Crippen LogP contribution in [0.25, 0.3) is 0 Å². The first-order valence-electron chi connectivity index (χ1n) is 5.26. The summed E-state index contributed by atoms with van der Waals surface area (Å²) in [6.07, 6.45) is 2.72. The number of rotatable bonds is 3. The minimum Gasteiger partial charge on any atom is -0.369 e. The van der Waals surface area contributed by atoms with Crippen molar-refractivity contribution in [3.63, 3.8) is 0 Å². The fourth-order valence-electron chi connectivity index (χ4n) is 1.58. The van der Waals surface area contributed by atoms with Gasteiger partial charge in [-0.3, -0.25) is 9.79 Å². The SMILES string of the molecule is CCSC1=NC(CC)C(C(N)=O)C(SC)=N1. The summed E-state index contributed by atoms with van der Waals surface area (Å²) in [5, 5.41) is 1.57. The van der Waals surface area contributed by atoms with Crippen molar-refractivity contribution in [2.75, 3.05) is 12.0 Å². The second-order valence-corrected chi connectivity index (χ2v) is 5.41. The largest absolute Gasteiger partial charge is 0.369 e. The number of nitrogens with zero attached hydrogens (tertiary/aromatic N) is 2. The topological polar surface area (TPSA) is 67.8 Å². The van der Waals surface area contributed by atoms with Gasteiger partial charge < -0.3 is 5.73 Å². The van der Waals surface area contributed by atoms with Gasteiger partial charge in [-0.1, -0.05) is 25.6 Å². The molecule has 0 aromatic heterocycles. The van der Waals surface area contributed by atoms with Crippen molar-refractivity contribution in [2.24, 2.45) is 21.6 Å². The number of aliphatic imine (C=N–C) groups is 2. The maximum atomic E-state index is 11.4. The second-order valence-electron chi connectivity index (χ2n) is 3.35. The van der Waals surface area contributed by atoms with E-state index in [1.165, 1.54) is 11.8 Å². The van der Waals surface area contributed by atoms with Crippen LogP contribution in [-0.2, 0) is 4.79 Å². The lowest BCUT2D eigenvalue weighted by atomic mass is 9.98. The molecule has 6 heteroatoms. The van der Waals surface area contributed by atoms with Gasteiger partial charge in [-0.2, -0.15) is 0 Å². The van der Waals surface area contributed by atoms with E-state index >= 15 is 0 Å². The summed E-state index contributed by atoms with van der Waals surface area (Å²) < 4.78 is 0. The highest BCUT2D eigenvalue weighted by molar-refractivity contribution is 8.15. The average molecular weight is 259 g/mol. The van der Waals surface area contributed by atoms with E-state index < -0.39 is 0 Å². The van der Waals surface area contributed by atoms with Crippen LogP contribution in [0.15, 0.2) is 9.98 Å². The molecule has 4 nitrogen and oxygen atoms in total. The minimum atomic E-state index is -0.346. The number of thioether (sulfide) groups is 2. The zero-order valence-electron chi connectivity index (χ0n) is 9.77. The molecule has 16 heavy (non-hydrogen) atoms. The first-order valence-corrected chi connectivity index (χ1v) is 7.47. The summed E-state index contributed by atoms with van der Waals surface area (Å²) in [5.41, 5.74) is 5.41. The second kappa shape index (κ2) is 6.30. The Hall–Kier alpha value is -0.490. The van der Waals surface area contributed by atoms with Gasteiger partial charge in [0.15, 0.2) is 5.17 Å². The maximum absolute atomic E-state index is 11.4. The monoisotopic (exact) mass is 259 g/mol. The first-order chi connectivity index (χ1) is 7.63. The van der Waals surface area contributed by atoms with E-state index in [-0.39, 0.29) is 17.9 Å². The molecule has 1 rings (SSSR count). The third-order valence-corrected chi connectivity index (χ3v) is 3.85. The van der Waals surface area contributed by atoms with Gasteiger partial charge in [0.2, 0.25) is 5.91 Å². The van der Waals surface area contributed by atoms with Crippen LogP contribution in [0.5, 0.6) is 0 Å². The Balaban J connectivity index is 2.98. The molecule has 0 fully saturated rings. The molecule has 1 amide bonds. The third-order valence-electron chi connectivity index (χ3n) is 2.34. The molecule has 0 aromatic carbocycles. The predicted molar refractivity (Wildman–Crippen MR) is 73.3 cm³/mol. The van der Waals surface area contributed by atoms with Gasteiger partial charge in [0, 0.05) is 0 Å². The van der Waals surface area contributed by atoms with Crippen LogP contribution < -0.4 is 5.73 Å². The number of carbonyl (C=O) groups excluding carboxylic acids is 1. The highest BCUT2D eigenvalue weighted by Crippen LogP contribution is 2.26. The smallest absolute Gasteiger partial charge is 0.229 e. The van der Waals surface area contributed by atoms with E-state index in [0.29, 0.717) is 0 Å². The van der Waals surface area contributed by atoms with E-state index in [2.05, 4.69) is 16.9 Å². The summed E-state index contributed by atoms with van der Waals surface area (Å²) in [7, 11) is 0. The van der Waals surface area contributed by atoms with E-state index in [1.54, 1.807) is 11.8 Å². The molecule has 0 aliphatic carbocycles. The molecule has 1 aliphatic heterocycles. The summed E-state index contributed by atoms with van der Waals surface area (Å²) in [6.45, 7) is 4.07. The Bertz CT molecular complexity index is 328. The van der Waals surface area contributed by atoms with Crippen molar-refractivity contribution in [3.05, 3.63) is 0 Å². The number of amidine groups is 1. The number of primary amides is 1. The van der Waals surface area contributed by atoms with Crippen molar-refractivity contribution in [1.29, 1.82) is 0 Å². The van der Waals surface area contributed by atoms with Crippen molar-refractivity contribution in [1.82, 2.24) is 0 Å². The van der Waals surface area contributed by atoms with Crippen molar-refractivity contribution in [3.8, 4) is 0 Å². The molecule has 0 spiro atoms. The zero-order chi connectivity index (χ0) is 12.1.